The molecule has 0 saturated carbocycles. The standard InChI is InChI=1S/C15H10F2O3/c16-11-5-1-3-9(7-11)15(13(20-15)14(18)19)10-4-2-6-12(17)8-10/h1-8,13H,(H,18,19). The lowest BCUT2D eigenvalue weighted by Gasteiger charge is -2.13. The summed E-state index contributed by atoms with van der Waals surface area (Å²) in [6.07, 6.45) is -1.15. The van der Waals surface area contributed by atoms with Crippen molar-refractivity contribution in [1.29, 1.82) is 0 Å². The number of carbonyl (C=O) groups is 1. The van der Waals surface area contributed by atoms with Crippen molar-refractivity contribution < 1.29 is 23.4 Å². The number of ether oxygens (including phenoxy) is 1. The summed E-state index contributed by atoms with van der Waals surface area (Å²) >= 11 is 0. The fourth-order valence-electron chi connectivity index (χ4n) is 2.42. The highest BCUT2D eigenvalue weighted by Gasteiger charge is 2.63. The van der Waals surface area contributed by atoms with E-state index in [0.717, 1.165) is 0 Å². The van der Waals surface area contributed by atoms with E-state index in [1.54, 1.807) is 12.1 Å². The minimum Gasteiger partial charge on any atom is -0.479 e. The molecular weight excluding hydrogens is 266 g/mol. The molecule has 1 aliphatic rings. The molecule has 102 valence electrons. The maximum atomic E-state index is 13.4. The van der Waals surface area contributed by atoms with E-state index in [4.69, 9.17) is 9.84 Å². The van der Waals surface area contributed by atoms with Crippen LogP contribution in [0.1, 0.15) is 11.1 Å². The number of hydrogen-bond acceptors (Lipinski definition) is 2. The largest absolute Gasteiger partial charge is 0.479 e. The quantitative estimate of drug-likeness (QED) is 0.877. The smallest absolute Gasteiger partial charge is 0.336 e. The predicted octanol–water partition coefficient (Wildman–Crippen LogP) is 2.69. The van der Waals surface area contributed by atoms with Crippen LogP contribution in [0.3, 0.4) is 0 Å². The predicted molar refractivity (Wildman–Crippen MR) is 66.1 cm³/mol. The van der Waals surface area contributed by atoms with Crippen LogP contribution < -0.4 is 0 Å². The fraction of sp³-hybridized carbons (Fsp3) is 0.133. The highest BCUT2D eigenvalue weighted by atomic mass is 19.1. The number of carboxylic acids is 1. The summed E-state index contributed by atoms with van der Waals surface area (Å²) in [5.41, 5.74) is -0.609. The van der Waals surface area contributed by atoms with Gasteiger partial charge < -0.3 is 9.84 Å². The van der Waals surface area contributed by atoms with Crippen LogP contribution in [0.15, 0.2) is 48.5 Å². The Bertz CT molecular complexity index is 639. The van der Waals surface area contributed by atoms with Crippen LogP contribution in [0.5, 0.6) is 0 Å². The zero-order valence-corrected chi connectivity index (χ0v) is 10.2. The molecule has 2 aromatic rings. The molecule has 1 heterocycles. The Morgan fingerprint density at radius 3 is 1.90 bits per heavy atom. The SMILES string of the molecule is O=C(O)C1OC1(c1cccc(F)c1)c1cccc(F)c1. The van der Waals surface area contributed by atoms with E-state index >= 15 is 0 Å². The maximum absolute atomic E-state index is 13.4. The van der Waals surface area contributed by atoms with Gasteiger partial charge in [-0.1, -0.05) is 24.3 Å². The van der Waals surface area contributed by atoms with Gasteiger partial charge in [-0.15, -0.1) is 0 Å². The molecule has 0 aromatic heterocycles. The molecule has 5 heteroatoms. The Kier molecular flexibility index (Phi) is 2.79. The zero-order valence-electron chi connectivity index (χ0n) is 10.2. The first-order valence-electron chi connectivity index (χ1n) is 5.97. The van der Waals surface area contributed by atoms with Gasteiger partial charge in [0, 0.05) is 0 Å². The summed E-state index contributed by atoms with van der Waals surface area (Å²) < 4.78 is 32.1. The second-order valence-electron chi connectivity index (χ2n) is 4.59. The van der Waals surface area contributed by atoms with Crippen LogP contribution >= 0.6 is 0 Å². The Morgan fingerprint density at radius 1 is 1.05 bits per heavy atom. The van der Waals surface area contributed by atoms with Gasteiger partial charge in [0.15, 0.2) is 11.7 Å². The van der Waals surface area contributed by atoms with Crippen molar-refractivity contribution in [1.82, 2.24) is 0 Å². The number of halogens is 2. The molecule has 1 aliphatic heterocycles. The summed E-state index contributed by atoms with van der Waals surface area (Å²) in [7, 11) is 0. The van der Waals surface area contributed by atoms with Gasteiger partial charge in [0.25, 0.3) is 0 Å². The second kappa shape index (κ2) is 4.38. The summed E-state index contributed by atoms with van der Waals surface area (Å²) in [5.74, 6) is -2.17. The fourth-order valence-corrected chi connectivity index (χ4v) is 2.42. The topological polar surface area (TPSA) is 49.8 Å². The Morgan fingerprint density at radius 2 is 1.55 bits per heavy atom. The summed E-state index contributed by atoms with van der Waals surface area (Å²) in [4.78, 5) is 11.2. The first kappa shape index (κ1) is 12.7. The molecule has 0 amide bonds. The molecule has 3 rings (SSSR count). The van der Waals surface area contributed by atoms with Crippen molar-refractivity contribution >= 4 is 5.97 Å². The van der Waals surface area contributed by atoms with Gasteiger partial charge in [-0.05, 0) is 35.4 Å². The van der Waals surface area contributed by atoms with Crippen molar-refractivity contribution in [2.24, 2.45) is 0 Å². The molecule has 1 fully saturated rings. The molecule has 2 aromatic carbocycles. The van der Waals surface area contributed by atoms with Crippen molar-refractivity contribution in [3.8, 4) is 0 Å². The number of epoxide rings is 1. The monoisotopic (exact) mass is 276 g/mol. The molecular formula is C15H10F2O3. The van der Waals surface area contributed by atoms with Gasteiger partial charge in [0.2, 0.25) is 0 Å². The van der Waals surface area contributed by atoms with Crippen molar-refractivity contribution in [2.75, 3.05) is 0 Å². The van der Waals surface area contributed by atoms with Gasteiger partial charge in [0.1, 0.15) is 11.6 Å². The minimum atomic E-state index is -1.32. The highest BCUT2D eigenvalue weighted by molar-refractivity contribution is 5.79. The number of hydrogen-bond donors (Lipinski definition) is 1. The van der Waals surface area contributed by atoms with Crippen molar-refractivity contribution in [3.05, 3.63) is 71.3 Å². The molecule has 0 aliphatic carbocycles. The van der Waals surface area contributed by atoms with E-state index in [-0.39, 0.29) is 0 Å². The zero-order chi connectivity index (χ0) is 14.3. The van der Waals surface area contributed by atoms with Gasteiger partial charge in [-0.2, -0.15) is 0 Å². The third-order valence-electron chi connectivity index (χ3n) is 3.35. The van der Waals surface area contributed by atoms with Crippen molar-refractivity contribution in [3.63, 3.8) is 0 Å². The Labute approximate surface area is 113 Å². The lowest BCUT2D eigenvalue weighted by atomic mass is 9.88. The van der Waals surface area contributed by atoms with Gasteiger partial charge in [-0.3, -0.25) is 0 Å². The molecule has 20 heavy (non-hydrogen) atoms. The number of aliphatic carboxylic acids is 1. The van der Waals surface area contributed by atoms with Crippen LogP contribution in [0.2, 0.25) is 0 Å². The molecule has 0 radical (unpaired) electrons. The highest BCUT2D eigenvalue weighted by Crippen LogP contribution is 2.51. The molecule has 3 nitrogen and oxygen atoms in total. The van der Waals surface area contributed by atoms with E-state index in [1.807, 2.05) is 0 Å². The normalized spacial score (nSPS) is 19.6. The minimum absolute atomic E-state index is 0.357. The van der Waals surface area contributed by atoms with Crippen molar-refractivity contribution in [2.45, 2.75) is 11.7 Å². The molecule has 1 saturated heterocycles. The van der Waals surface area contributed by atoms with Crippen LogP contribution in [-0.2, 0) is 15.1 Å². The average Bonchev–Trinajstić information content (AvgIpc) is 3.15. The van der Waals surface area contributed by atoms with E-state index in [9.17, 15) is 13.6 Å². The third kappa shape index (κ3) is 1.87. The van der Waals surface area contributed by atoms with Crippen LogP contribution in [-0.4, -0.2) is 17.2 Å². The van der Waals surface area contributed by atoms with Crippen LogP contribution in [0.25, 0.3) is 0 Å². The molecule has 1 unspecified atom stereocenters. The number of carboxylic acid groups (broad SMARTS) is 1. The van der Waals surface area contributed by atoms with Gasteiger partial charge >= 0.3 is 5.97 Å². The first-order valence-corrected chi connectivity index (χ1v) is 5.97. The van der Waals surface area contributed by atoms with Gasteiger partial charge in [0.05, 0.1) is 0 Å². The van der Waals surface area contributed by atoms with E-state index in [0.29, 0.717) is 11.1 Å². The Hall–Kier alpha value is -2.27. The number of rotatable bonds is 3. The van der Waals surface area contributed by atoms with Crippen LogP contribution in [0, 0.1) is 11.6 Å². The third-order valence-corrected chi connectivity index (χ3v) is 3.35. The average molecular weight is 276 g/mol. The van der Waals surface area contributed by atoms with Crippen LogP contribution in [0.4, 0.5) is 8.78 Å². The summed E-state index contributed by atoms with van der Waals surface area (Å²) in [6.45, 7) is 0. The first-order chi connectivity index (χ1) is 9.54. The Balaban J connectivity index is 2.14. The van der Waals surface area contributed by atoms with E-state index in [1.165, 1.54) is 36.4 Å². The molecule has 1 atom stereocenters. The molecule has 1 N–H and O–H groups in total. The van der Waals surface area contributed by atoms with Gasteiger partial charge in [-0.25, -0.2) is 13.6 Å². The molecule has 0 bridgehead atoms. The summed E-state index contributed by atoms with van der Waals surface area (Å²) in [6, 6.07) is 11.0. The number of benzene rings is 2. The summed E-state index contributed by atoms with van der Waals surface area (Å²) in [5, 5.41) is 9.14. The maximum Gasteiger partial charge on any atom is 0.336 e. The second-order valence-corrected chi connectivity index (χ2v) is 4.59. The molecule has 0 spiro atoms. The van der Waals surface area contributed by atoms with E-state index in [2.05, 4.69) is 0 Å². The lowest BCUT2D eigenvalue weighted by Crippen LogP contribution is -2.20. The van der Waals surface area contributed by atoms with E-state index < -0.39 is 29.3 Å². The lowest BCUT2D eigenvalue weighted by molar-refractivity contribution is -0.138.